The lowest BCUT2D eigenvalue weighted by atomic mass is 10.1. The van der Waals surface area contributed by atoms with Crippen LogP contribution in [0, 0.1) is 10.1 Å². The number of carbonyl (C=O) groups is 2. The van der Waals surface area contributed by atoms with Crippen LogP contribution in [0.5, 0.6) is 5.75 Å². The number of benzene rings is 1. The average molecular weight is 400 g/mol. The first-order chi connectivity index (χ1) is 10.6. The van der Waals surface area contributed by atoms with Gasteiger partial charge in [0.2, 0.25) is 5.75 Å². The fourth-order valence-electron chi connectivity index (χ4n) is 1.97. The molecule has 23 heavy (non-hydrogen) atoms. The third-order valence-electron chi connectivity index (χ3n) is 3.22. The van der Waals surface area contributed by atoms with Gasteiger partial charge in [0.1, 0.15) is 5.57 Å². The van der Waals surface area contributed by atoms with Crippen LogP contribution in [0.4, 0.5) is 5.69 Å². The number of amides is 2. The zero-order chi connectivity index (χ0) is 17.5. The molecule has 1 aromatic carbocycles. The number of phenolic OH excluding ortho intramolecular Hbond substituents is 1. The molecule has 0 atom stereocenters. The number of hydrogen-bond acceptors (Lipinski definition) is 6. The molecule has 1 fully saturated rings. The Kier molecular flexibility index (Phi) is 4.48. The molecule has 2 amide bonds. The van der Waals surface area contributed by atoms with E-state index in [4.69, 9.17) is 12.2 Å². The molecule has 1 aliphatic heterocycles. The van der Waals surface area contributed by atoms with E-state index in [1.54, 1.807) is 0 Å². The summed E-state index contributed by atoms with van der Waals surface area (Å²) < 4.78 is 0.0755. The number of phenols is 1. The molecule has 1 aliphatic rings. The molecule has 2 rings (SSSR count). The molecule has 0 radical (unpaired) electrons. The maximum atomic E-state index is 12.2. The molecule has 0 aliphatic carbocycles. The summed E-state index contributed by atoms with van der Waals surface area (Å²) in [5, 5.41) is 20.6. The molecule has 8 nitrogen and oxygen atoms in total. The van der Waals surface area contributed by atoms with E-state index in [9.17, 15) is 24.8 Å². The number of nitro benzene ring substituents is 1. The number of nitrogens with zero attached hydrogens (tertiary/aromatic N) is 3. The highest BCUT2D eigenvalue weighted by Crippen LogP contribution is 2.35. The van der Waals surface area contributed by atoms with Gasteiger partial charge in [-0.2, -0.15) is 0 Å². The second kappa shape index (κ2) is 6.05. The van der Waals surface area contributed by atoms with Gasteiger partial charge in [-0.05, 0) is 45.9 Å². The van der Waals surface area contributed by atoms with Crippen LogP contribution in [0.15, 0.2) is 22.2 Å². The minimum absolute atomic E-state index is 0.0648. The largest absolute Gasteiger partial charge is 0.501 e. The van der Waals surface area contributed by atoms with Gasteiger partial charge in [-0.25, -0.2) is 0 Å². The van der Waals surface area contributed by atoms with Crippen molar-refractivity contribution < 1.29 is 19.6 Å². The number of thiocarbonyl (C=S) groups is 1. The molecule has 1 saturated heterocycles. The average Bonchev–Trinajstić information content (AvgIpc) is 2.50. The third-order valence-corrected chi connectivity index (χ3v) is 4.37. The van der Waals surface area contributed by atoms with E-state index in [2.05, 4.69) is 15.9 Å². The van der Waals surface area contributed by atoms with Gasteiger partial charge < -0.3 is 5.11 Å². The first kappa shape index (κ1) is 17.0. The molecule has 1 heterocycles. The zero-order valence-electron chi connectivity index (χ0n) is 11.9. The summed E-state index contributed by atoms with van der Waals surface area (Å²) in [7, 11) is 2.85. The smallest absolute Gasteiger partial charge is 0.312 e. The lowest BCUT2D eigenvalue weighted by Gasteiger charge is -2.31. The maximum absolute atomic E-state index is 12.2. The number of hydrogen-bond donors (Lipinski definition) is 1. The lowest BCUT2D eigenvalue weighted by Crippen LogP contribution is -2.52. The molecule has 1 aromatic rings. The van der Waals surface area contributed by atoms with Crippen LogP contribution in [-0.4, -0.2) is 50.9 Å². The molecular formula is C13H10BrN3O5S. The van der Waals surface area contributed by atoms with Gasteiger partial charge in [0.15, 0.2) is 5.11 Å². The van der Waals surface area contributed by atoms with Gasteiger partial charge in [0, 0.05) is 20.2 Å². The molecule has 10 heteroatoms. The Hall–Kier alpha value is -2.33. The molecule has 0 spiro atoms. The SMILES string of the molecule is CN1C(=O)C(=Cc2cc(Br)c(O)c([N+](=O)[O-])c2)C(=O)N(C)C1=S. The van der Waals surface area contributed by atoms with Crippen LogP contribution >= 0.6 is 28.1 Å². The summed E-state index contributed by atoms with van der Waals surface area (Å²) in [5.41, 5.74) is -0.512. The minimum atomic E-state index is -0.764. The number of rotatable bonds is 2. The van der Waals surface area contributed by atoms with E-state index in [1.165, 1.54) is 26.2 Å². The van der Waals surface area contributed by atoms with Crippen molar-refractivity contribution in [3.63, 3.8) is 0 Å². The zero-order valence-corrected chi connectivity index (χ0v) is 14.3. The first-order valence-corrected chi connectivity index (χ1v) is 7.34. The van der Waals surface area contributed by atoms with Gasteiger partial charge in [-0.3, -0.25) is 29.5 Å². The second-order valence-corrected chi connectivity index (χ2v) is 5.92. The third kappa shape index (κ3) is 2.94. The van der Waals surface area contributed by atoms with E-state index >= 15 is 0 Å². The standard InChI is InChI=1S/C13H10BrN3O5S/c1-15-11(19)7(12(20)16(2)13(15)23)3-6-4-8(14)10(18)9(5-6)17(21)22/h3-5,18H,1-2H3. The van der Waals surface area contributed by atoms with E-state index < -0.39 is 28.2 Å². The number of nitro groups is 1. The summed E-state index contributed by atoms with van der Waals surface area (Å²) >= 11 is 7.97. The van der Waals surface area contributed by atoms with Gasteiger partial charge in [-0.1, -0.05) is 0 Å². The van der Waals surface area contributed by atoms with Crippen molar-refractivity contribution in [2.45, 2.75) is 0 Å². The van der Waals surface area contributed by atoms with Crippen LogP contribution in [0.25, 0.3) is 6.08 Å². The predicted octanol–water partition coefficient (Wildman–Crippen LogP) is 1.66. The van der Waals surface area contributed by atoms with Crippen LogP contribution in [0.2, 0.25) is 0 Å². The van der Waals surface area contributed by atoms with Crippen LogP contribution in [0.3, 0.4) is 0 Å². The molecule has 0 aromatic heterocycles. The van der Waals surface area contributed by atoms with Crippen LogP contribution < -0.4 is 0 Å². The fraction of sp³-hybridized carbons (Fsp3) is 0.154. The number of aromatic hydroxyl groups is 1. The minimum Gasteiger partial charge on any atom is -0.501 e. The van der Waals surface area contributed by atoms with Gasteiger partial charge in [0.05, 0.1) is 9.40 Å². The van der Waals surface area contributed by atoms with Crippen molar-refractivity contribution in [3.8, 4) is 5.75 Å². The highest BCUT2D eigenvalue weighted by Gasteiger charge is 2.35. The topological polar surface area (TPSA) is 104 Å². The molecule has 0 bridgehead atoms. The number of halogens is 1. The Morgan fingerprint density at radius 3 is 2.26 bits per heavy atom. The van der Waals surface area contributed by atoms with E-state index in [0.717, 1.165) is 15.9 Å². The summed E-state index contributed by atoms with van der Waals surface area (Å²) in [6.07, 6.45) is 1.22. The molecule has 1 N–H and O–H groups in total. The van der Waals surface area contributed by atoms with Crippen LogP contribution in [-0.2, 0) is 9.59 Å². The second-order valence-electron chi connectivity index (χ2n) is 4.70. The quantitative estimate of drug-likeness (QED) is 0.266. The Morgan fingerprint density at radius 2 is 1.78 bits per heavy atom. The van der Waals surface area contributed by atoms with Gasteiger partial charge in [0.25, 0.3) is 11.8 Å². The van der Waals surface area contributed by atoms with E-state index in [0.29, 0.717) is 0 Å². The Bertz CT molecular complexity index is 766. The lowest BCUT2D eigenvalue weighted by molar-refractivity contribution is -0.386. The predicted molar refractivity (Wildman–Crippen MR) is 88.6 cm³/mol. The Labute approximate surface area is 144 Å². The van der Waals surface area contributed by atoms with Crippen LogP contribution in [0.1, 0.15) is 5.56 Å². The molecule has 0 saturated carbocycles. The summed E-state index contributed by atoms with van der Waals surface area (Å²) in [6, 6.07) is 2.43. The number of carbonyl (C=O) groups excluding carboxylic acids is 2. The van der Waals surface area contributed by atoms with Gasteiger partial charge >= 0.3 is 5.69 Å². The highest BCUT2D eigenvalue weighted by molar-refractivity contribution is 9.10. The van der Waals surface area contributed by atoms with E-state index in [-0.39, 0.29) is 20.7 Å². The molecule has 0 unspecified atom stereocenters. The number of likely N-dealkylation sites (N-methyl/N-ethyl adjacent to an activating group) is 2. The molecule has 120 valence electrons. The van der Waals surface area contributed by atoms with Crippen molar-refractivity contribution in [2.24, 2.45) is 0 Å². The maximum Gasteiger partial charge on any atom is 0.312 e. The van der Waals surface area contributed by atoms with Crippen molar-refractivity contribution in [3.05, 3.63) is 37.9 Å². The monoisotopic (exact) mass is 399 g/mol. The normalized spacial score (nSPS) is 15.3. The summed E-state index contributed by atoms with van der Waals surface area (Å²) in [5.74, 6) is -1.75. The van der Waals surface area contributed by atoms with Crippen molar-refractivity contribution in [1.82, 2.24) is 9.80 Å². The van der Waals surface area contributed by atoms with E-state index in [1.807, 2.05) is 0 Å². The fourth-order valence-corrected chi connectivity index (χ4v) is 2.60. The van der Waals surface area contributed by atoms with Crippen molar-refractivity contribution in [1.29, 1.82) is 0 Å². The summed E-state index contributed by atoms with van der Waals surface area (Å²) in [4.78, 5) is 36.8. The highest BCUT2D eigenvalue weighted by atomic mass is 79.9. The Morgan fingerprint density at radius 1 is 1.26 bits per heavy atom. The summed E-state index contributed by atoms with van der Waals surface area (Å²) in [6.45, 7) is 0. The van der Waals surface area contributed by atoms with Crippen molar-refractivity contribution >= 4 is 56.8 Å². The van der Waals surface area contributed by atoms with Gasteiger partial charge in [-0.15, -0.1) is 0 Å². The first-order valence-electron chi connectivity index (χ1n) is 6.13. The molecular weight excluding hydrogens is 390 g/mol. The van der Waals surface area contributed by atoms with Crippen molar-refractivity contribution in [2.75, 3.05) is 14.1 Å². The Balaban J connectivity index is 2.57.